The van der Waals surface area contributed by atoms with Gasteiger partial charge in [-0.25, -0.2) is 0 Å². The average Bonchev–Trinajstić information content (AvgIpc) is 2.86. The number of aliphatic carboxylic acids is 1. The third-order valence-corrected chi connectivity index (χ3v) is 4.11. The number of hydrogen-bond acceptors (Lipinski definition) is 3. The molecule has 2 saturated heterocycles. The first-order valence-corrected chi connectivity index (χ1v) is 6.58. The van der Waals surface area contributed by atoms with Gasteiger partial charge in [0, 0.05) is 26.2 Å². The first kappa shape index (κ1) is 16.3. The summed E-state index contributed by atoms with van der Waals surface area (Å²) in [5.41, 5.74) is -1.54. The van der Waals surface area contributed by atoms with Crippen molar-refractivity contribution in [3.8, 4) is 0 Å². The molecule has 2 fully saturated rings. The lowest BCUT2D eigenvalue weighted by Crippen LogP contribution is -2.42. The number of hydrogen-bond donors (Lipinski definition) is 1. The monoisotopic (exact) mass is 320 g/mol. The summed E-state index contributed by atoms with van der Waals surface area (Å²) in [4.78, 5) is 37.6. The maximum absolute atomic E-state index is 12.3. The number of carbonyl (C=O) groups excluding carboxylic acids is 2. The van der Waals surface area contributed by atoms with Gasteiger partial charge < -0.3 is 14.9 Å². The molecule has 0 aromatic heterocycles. The molecule has 0 spiro atoms. The minimum absolute atomic E-state index is 0.131. The highest BCUT2D eigenvalue weighted by atomic mass is 19.4. The van der Waals surface area contributed by atoms with Crippen molar-refractivity contribution in [2.75, 3.05) is 26.2 Å². The van der Waals surface area contributed by atoms with Crippen LogP contribution in [0.4, 0.5) is 13.2 Å². The molecule has 1 N–H and O–H groups in total. The Morgan fingerprint density at radius 2 is 2.05 bits per heavy atom. The maximum Gasteiger partial charge on any atom is 0.397 e. The number of carbonyl (C=O) groups is 3. The first-order valence-electron chi connectivity index (χ1n) is 6.58. The van der Waals surface area contributed by atoms with Crippen LogP contribution in [0.25, 0.3) is 0 Å². The molecular formula is C13H15F3N2O4. The second kappa shape index (κ2) is 5.29. The van der Waals surface area contributed by atoms with Crippen molar-refractivity contribution in [3.05, 3.63) is 12.7 Å². The molecule has 22 heavy (non-hydrogen) atoms. The van der Waals surface area contributed by atoms with Crippen LogP contribution < -0.4 is 0 Å². The molecular weight excluding hydrogens is 305 g/mol. The molecule has 0 aliphatic carbocycles. The normalized spacial score (nSPS) is 28.0. The number of fused-ring (bicyclic) bond motifs is 1. The van der Waals surface area contributed by atoms with E-state index < -0.39 is 41.7 Å². The summed E-state index contributed by atoms with van der Waals surface area (Å²) in [6.45, 7) is 2.82. The van der Waals surface area contributed by atoms with Gasteiger partial charge in [-0.3, -0.25) is 14.4 Å². The van der Waals surface area contributed by atoms with Gasteiger partial charge in [0.15, 0.2) is 0 Å². The van der Waals surface area contributed by atoms with Crippen LogP contribution >= 0.6 is 0 Å². The van der Waals surface area contributed by atoms with Crippen molar-refractivity contribution in [1.29, 1.82) is 0 Å². The Morgan fingerprint density at radius 1 is 1.41 bits per heavy atom. The third kappa shape index (κ3) is 2.67. The van der Waals surface area contributed by atoms with Gasteiger partial charge in [0.2, 0.25) is 11.8 Å². The van der Waals surface area contributed by atoms with Crippen LogP contribution in [0.15, 0.2) is 12.7 Å². The van der Waals surface area contributed by atoms with E-state index >= 15 is 0 Å². The smallest absolute Gasteiger partial charge is 0.397 e. The zero-order chi connectivity index (χ0) is 16.7. The lowest BCUT2D eigenvalue weighted by atomic mass is 9.81. The summed E-state index contributed by atoms with van der Waals surface area (Å²) in [5.74, 6) is -3.96. The van der Waals surface area contributed by atoms with E-state index in [0.717, 1.165) is 4.90 Å². The lowest BCUT2D eigenvalue weighted by Gasteiger charge is -2.25. The highest BCUT2D eigenvalue weighted by Crippen LogP contribution is 2.44. The van der Waals surface area contributed by atoms with Gasteiger partial charge in [-0.1, -0.05) is 6.08 Å². The van der Waals surface area contributed by atoms with Gasteiger partial charge in [0.05, 0.1) is 5.92 Å². The molecule has 6 nitrogen and oxygen atoms in total. The van der Waals surface area contributed by atoms with E-state index in [1.807, 2.05) is 0 Å². The molecule has 2 rings (SSSR count). The Hall–Kier alpha value is -2.06. The van der Waals surface area contributed by atoms with Crippen molar-refractivity contribution >= 4 is 17.8 Å². The molecule has 0 radical (unpaired) electrons. The van der Waals surface area contributed by atoms with Crippen molar-refractivity contribution in [1.82, 2.24) is 9.80 Å². The Kier molecular flexibility index (Phi) is 3.92. The number of nitrogens with zero attached hydrogens (tertiary/aromatic N) is 2. The van der Waals surface area contributed by atoms with Gasteiger partial charge >= 0.3 is 12.1 Å². The van der Waals surface area contributed by atoms with E-state index in [0.29, 0.717) is 0 Å². The van der Waals surface area contributed by atoms with Crippen molar-refractivity contribution in [2.45, 2.75) is 12.6 Å². The number of alkyl halides is 3. The average molecular weight is 320 g/mol. The maximum atomic E-state index is 12.3. The quantitative estimate of drug-likeness (QED) is 0.765. The molecule has 122 valence electrons. The van der Waals surface area contributed by atoms with E-state index in [-0.39, 0.29) is 26.2 Å². The molecule has 0 aromatic carbocycles. The second-order valence-electron chi connectivity index (χ2n) is 5.59. The minimum atomic E-state index is -4.66. The molecule has 2 heterocycles. The fraction of sp³-hybridized carbons (Fsp3) is 0.615. The van der Waals surface area contributed by atoms with Crippen LogP contribution in [-0.4, -0.2) is 65.0 Å². The number of likely N-dealkylation sites (tertiary alicyclic amines) is 2. The van der Waals surface area contributed by atoms with Crippen molar-refractivity contribution in [2.24, 2.45) is 11.3 Å². The molecule has 2 aliphatic rings. The standard InChI is InChI=1S/C13H15F3N2O4/c1-2-3-17-6-12(11(21)22)7-18(5-8(12)10(17)20)9(19)4-13(14,15)16/h2,8H,1,3-7H2,(H,21,22)/t8-,12+/m0/s1. The summed E-state index contributed by atoms with van der Waals surface area (Å²) in [6, 6.07) is 0. The summed E-state index contributed by atoms with van der Waals surface area (Å²) >= 11 is 0. The minimum Gasteiger partial charge on any atom is -0.481 e. The van der Waals surface area contributed by atoms with Crippen molar-refractivity contribution in [3.63, 3.8) is 0 Å². The number of carboxylic acid groups (broad SMARTS) is 1. The number of carboxylic acids is 1. The highest BCUT2D eigenvalue weighted by molar-refractivity contribution is 5.94. The van der Waals surface area contributed by atoms with Crippen LogP contribution in [0.2, 0.25) is 0 Å². The Morgan fingerprint density at radius 3 is 2.50 bits per heavy atom. The zero-order valence-electron chi connectivity index (χ0n) is 11.6. The Labute approximate surface area is 124 Å². The highest BCUT2D eigenvalue weighted by Gasteiger charge is 2.62. The molecule has 0 saturated carbocycles. The number of rotatable bonds is 4. The number of halogens is 3. The van der Waals surface area contributed by atoms with Gasteiger partial charge in [0.1, 0.15) is 11.8 Å². The molecule has 2 atom stereocenters. The summed E-state index contributed by atoms with van der Waals surface area (Å²) in [7, 11) is 0. The Bertz CT molecular complexity index is 534. The molecule has 0 bridgehead atoms. The van der Waals surface area contributed by atoms with E-state index in [1.54, 1.807) is 0 Å². The molecule has 9 heteroatoms. The van der Waals surface area contributed by atoms with E-state index in [2.05, 4.69) is 6.58 Å². The van der Waals surface area contributed by atoms with Gasteiger partial charge in [-0.05, 0) is 0 Å². The van der Waals surface area contributed by atoms with Crippen LogP contribution in [0.1, 0.15) is 6.42 Å². The lowest BCUT2D eigenvalue weighted by molar-refractivity contribution is -0.161. The van der Waals surface area contributed by atoms with Gasteiger partial charge in [-0.15, -0.1) is 6.58 Å². The first-order chi connectivity index (χ1) is 10.1. The van der Waals surface area contributed by atoms with Crippen LogP contribution in [0, 0.1) is 11.3 Å². The number of amides is 2. The topological polar surface area (TPSA) is 77.9 Å². The van der Waals surface area contributed by atoms with Crippen molar-refractivity contribution < 1.29 is 32.7 Å². The largest absolute Gasteiger partial charge is 0.481 e. The fourth-order valence-electron chi connectivity index (χ4n) is 3.09. The molecule has 2 amide bonds. The summed E-state index contributed by atoms with van der Waals surface area (Å²) < 4.78 is 36.9. The summed E-state index contributed by atoms with van der Waals surface area (Å²) in [6.07, 6.45) is -4.87. The van der Waals surface area contributed by atoms with Crippen LogP contribution in [0.3, 0.4) is 0 Å². The summed E-state index contributed by atoms with van der Waals surface area (Å²) in [5, 5.41) is 9.45. The van der Waals surface area contributed by atoms with E-state index in [1.165, 1.54) is 11.0 Å². The van der Waals surface area contributed by atoms with Crippen LogP contribution in [0.5, 0.6) is 0 Å². The van der Waals surface area contributed by atoms with Crippen LogP contribution in [-0.2, 0) is 14.4 Å². The van der Waals surface area contributed by atoms with E-state index in [9.17, 15) is 32.7 Å². The van der Waals surface area contributed by atoms with E-state index in [4.69, 9.17) is 0 Å². The SMILES string of the molecule is C=CCN1C[C@@]2(C(=O)O)CN(C(=O)CC(F)(F)F)C[C@H]2C1=O. The molecule has 0 unspecified atom stereocenters. The van der Waals surface area contributed by atoms with Gasteiger partial charge in [0.25, 0.3) is 0 Å². The predicted octanol–water partition coefficient (Wildman–Crippen LogP) is 0.496. The predicted molar refractivity (Wildman–Crippen MR) is 67.6 cm³/mol. The third-order valence-electron chi connectivity index (χ3n) is 4.11. The second-order valence-corrected chi connectivity index (χ2v) is 5.59. The Balaban J connectivity index is 2.20. The van der Waals surface area contributed by atoms with Gasteiger partial charge in [-0.2, -0.15) is 13.2 Å². The molecule has 2 aliphatic heterocycles. The zero-order valence-corrected chi connectivity index (χ0v) is 11.6. The fourth-order valence-corrected chi connectivity index (χ4v) is 3.09. The molecule has 0 aromatic rings.